The molecular formula is C32H35BO2. The number of rotatable bonds is 2. The average molecular weight is 469 g/mol. The third-order valence-electron chi connectivity index (χ3n) is 7.60. The third kappa shape index (κ3) is 3.38. The molecule has 2 aliphatic carbocycles. The summed E-state index contributed by atoms with van der Waals surface area (Å²) in [5.41, 5.74) is 3.15. The molecule has 35 heavy (non-hydrogen) atoms. The SMILES string of the molecule is [2H]c1c([2H])c2c3c(c1[2H])Oc1c(c([2H])c(C(C)(C)C)c([2H])c1C1CC1)B3c1c([2H])c(C(C)(C)C)c([2H])c(C3CC3)c1O2. The van der Waals surface area contributed by atoms with Gasteiger partial charge in [0.15, 0.2) is 0 Å². The minimum atomic E-state index is -0.755. The van der Waals surface area contributed by atoms with Crippen LogP contribution >= 0.6 is 0 Å². The Hall–Kier alpha value is -2.68. The van der Waals surface area contributed by atoms with E-state index in [4.69, 9.17) is 13.6 Å². The molecule has 2 fully saturated rings. The molecule has 0 saturated heterocycles. The van der Waals surface area contributed by atoms with Crippen molar-refractivity contribution in [2.45, 2.75) is 89.9 Å². The minimum Gasteiger partial charge on any atom is -0.458 e. The second-order valence-corrected chi connectivity index (χ2v) is 12.7. The molecule has 0 amide bonds. The Morgan fingerprint density at radius 1 is 0.714 bits per heavy atom. The van der Waals surface area contributed by atoms with Crippen LogP contribution in [0.5, 0.6) is 23.0 Å². The van der Waals surface area contributed by atoms with Gasteiger partial charge >= 0.3 is 0 Å². The number of hydrogen-bond acceptors (Lipinski definition) is 2. The average Bonchev–Trinajstić information content (AvgIpc) is 3.78. The Bertz CT molecular complexity index is 1620. The number of hydrogen-bond donors (Lipinski definition) is 0. The molecule has 4 aliphatic rings. The molecule has 7 rings (SSSR count). The van der Waals surface area contributed by atoms with E-state index in [2.05, 4.69) is 0 Å². The van der Waals surface area contributed by atoms with E-state index in [1.807, 2.05) is 41.5 Å². The molecule has 2 nitrogen and oxygen atoms in total. The molecule has 0 atom stereocenters. The van der Waals surface area contributed by atoms with Crippen molar-refractivity contribution in [3.63, 3.8) is 0 Å². The largest absolute Gasteiger partial charge is 0.458 e. The first-order chi connectivity index (χ1) is 19.6. The molecule has 0 bridgehead atoms. The van der Waals surface area contributed by atoms with Crippen molar-refractivity contribution >= 4 is 23.1 Å². The summed E-state index contributed by atoms with van der Waals surface area (Å²) in [5.74, 6) is 1.21. The van der Waals surface area contributed by atoms with E-state index in [9.17, 15) is 5.48 Å². The normalized spacial score (nSPS) is 21.1. The summed E-state index contributed by atoms with van der Waals surface area (Å²) >= 11 is 0. The molecule has 178 valence electrons. The summed E-state index contributed by atoms with van der Waals surface area (Å²) in [6.07, 6.45) is 3.61. The first kappa shape index (κ1) is 15.4. The zero-order chi connectivity index (χ0) is 30.4. The van der Waals surface area contributed by atoms with E-state index < -0.39 is 17.5 Å². The molecule has 0 aromatic heterocycles. The van der Waals surface area contributed by atoms with Crippen molar-refractivity contribution in [3.05, 3.63) is 64.6 Å². The summed E-state index contributed by atoms with van der Waals surface area (Å²) in [6.45, 7) is 11.3. The van der Waals surface area contributed by atoms with Gasteiger partial charge in [-0.15, -0.1) is 0 Å². The van der Waals surface area contributed by atoms with Gasteiger partial charge in [0.25, 0.3) is 6.71 Å². The summed E-state index contributed by atoms with van der Waals surface area (Å²) in [4.78, 5) is 0. The zero-order valence-electron chi connectivity index (χ0n) is 28.4. The molecule has 3 aromatic rings. The topological polar surface area (TPSA) is 18.5 Å². The van der Waals surface area contributed by atoms with Crippen molar-refractivity contribution in [2.75, 3.05) is 0 Å². The van der Waals surface area contributed by atoms with Crippen LogP contribution in [0.4, 0.5) is 0 Å². The van der Waals surface area contributed by atoms with Crippen LogP contribution < -0.4 is 25.9 Å². The molecule has 0 spiro atoms. The van der Waals surface area contributed by atoms with Crippen molar-refractivity contribution in [2.24, 2.45) is 0 Å². The quantitative estimate of drug-likeness (QED) is 0.266. The molecule has 3 heteroatoms. The Kier molecular flexibility index (Phi) is 3.07. The van der Waals surface area contributed by atoms with Crippen LogP contribution in [0.15, 0.2) is 42.3 Å². The first-order valence-corrected chi connectivity index (χ1v) is 12.9. The molecule has 0 N–H and O–H groups in total. The van der Waals surface area contributed by atoms with E-state index in [1.165, 1.54) is 0 Å². The van der Waals surface area contributed by atoms with Crippen LogP contribution in [0.25, 0.3) is 0 Å². The highest BCUT2D eigenvalue weighted by molar-refractivity contribution is 6.98. The van der Waals surface area contributed by atoms with Crippen molar-refractivity contribution in [3.8, 4) is 23.0 Å². The fraction of sp³-hybridized carbons (Fsp3) is 0.438. The Balaban J connectivity index is 1.69. The van der Waals surface area contributed by atoms with Gasteiger partial charge in [0.1, 0.15) is 23.0 Å². The van der Waals surface area contributed by atoms with Crippen LogP contribution in [-0.4, -0.2) is 6.71 Å². The highest BCUT2D eigenvalue weighted by Gasteiger charge is 2.45. The molecule has 2 saturated carbocycles. The fourth-order valence-corrected chi connectivity index (χ4v) is 5.26. The maximum Gasteiger partial charge on any atom is 0.260 e. The predicted molar refractivity (Wildman–Crippen MR) is 145 cm³/mol. The Morgan fingerprint density at radius 3 is 1.51 bits per heavy atom. The Morgan fingerprint density at radius 2 is 1.14 bits per heavy atom. The Labute approximate surface area is 220 Å². The van der Waals surface area contributed by atoms with Gasteiger partial charge in [-0.05, 0) is 93.6 Å². The smallest absolute Gasteiger partial charge is 0.260 e. The van der Waals surface area contributed by atoms with Gasteiger partial charge in [-0.1, -0.05) is 71.8 Å². The highest BCUT2D eigenvalue weighted by Crippen LogP contribution is 2.50. The summed E-state index contributed by atoms with van der Waals surface area (Å²) < 4.78 is 77.1. The van der Waals surface area contributed by atoms with Gasteiger partial charge in [0, 0.05) is 5.46 Å². The van der Waals surface area contributed by atoms with E-state index in [1.54, 1.807) is 0 Å². The summed E-state index contributed by atoms with van der Waals surface area (Å²) in [5, 5.41) is 0. The van der Waals surface area contributed by atoms with Crippen LogP contribution in [-0.2, 0) is 10.8 Å². The van der Waals surface area contributed by atoms with Gasteiger partial charge < -0.3 is 9.47 Å². The lowest BCUT2D eigenvalue weighted by atomic mass is 9.34. The maximum absolute atomic E-state index is 9.61. The zero-order valence-corrected chi connectivity index (χ0v) is 21.4. The monoisotopic (exact) mass is 469 g/mol. The lowest BCUT2D eigenvalue weighted by Crippen LogP contribution is -2.58. The predicted octanol–water partition coefficient (Wildman–Crippen LogP) is 6.76. The van der Waals surface area contributed by atoms with Crippen LogP contribution in [0.2, 0.25) is 0 Å². The summed E-state index contributed by atoms with van der Waals surface area (Å²) in [7, 11) is 0. The van der Waals surface area contributed by atoms with Crippen molar-refractivity contribution in [1.29, 1.82) is 0 Å². The van der Waals surface area contributed by atoms with Crippen LogP contribution in [0.3, 0.4) is 0 Å². The molecule has 2 heterocycles. The van der Waals surface area contributed by atoms with Crippen molar-refractivity contribution in [1.82, 2.24) is 0 Å². The lowest BCUT2D eigenvalue weighted by molar-refractivity contribution is 0.457. The van der Waals surface area contributed by atoms with Gasteiger partial charge in [0.05, 0.1) is 9.60 Å². The number of fused-ring (bicyclic) bond motifs is 4. The minimum absolute atomic E-state index is 0.103. The second kappa shape index (κ2) is 6.96. The molecule has 0 unspecified atom stereocenters. The van der Waals surface area contributed by atoms with Gasteiger partial charge in [-0.3, -0.25) is 0 Å². The van der Waals surface area contributed by atoms with E-state index in [0.717, 1.165) is 36.8 Å². The van der Waals surface area contributed by atoms with Gasteiger partial charge in [-0.2, -0.15) is 0 Å². The third-order valence-corrected chi connectivity index (χ3v) is 7.60. The molecule has 0 radical (unpaired) electrons. The fourth-order valence-electron chi connectivity index (χ4n) is 5.26. The van der Waals surface area contributed by atoms with E-state index in [-0.39, 0.29) is 53.5 Å². The van der Waals surface area contributed by atoms with Crippen LogP contribution in [0.1, 0.15) is 111 Å². The standard InChI is InChI=1S/C32H35BO2/c1-31(2,3)20-14-22(18-10-11-18)29-24(16-20)33-25-17-21(32(4,5)6)15-23(19-12-13-19)30(25)35-27-9-7-8-26(34-29)28(27)33/h7-9,14-19H,10-13H2,1-6H3/i7D,8D,9D,14D,15D,16D,17D. The first-order valence-electron chi connectivity index (χ1n) is 16.4. The van der Waals surface area contributed by atoms with Crippen molar-refractivity contribution < 1.29 is 19.1 Å². The summed E-state index contributed by atoms with van der Waals surface area (Å²) in [6, 6.07) is 0.152. The molecule has 3 aromatic carbocycles. The van der Waals surface area contributed by atoms with E-state index >= 15 is 0 Å². The molecular weight excluding hydrogens is 427 g/mol. The maximum atomic E-state index is 9.61. The highest BCUT2D eigenvalue weighted by atomic mass is 16.5. The number of ether oxygens (including phenoxy) is 2. The van der Waals surface area contributed by atoms with Gasteiger partial charge in [-0.25, -0.2) is 0 Å². The second-order valence-electron chi connectivity index (χ2n) is 12.7. The van der Waals surface area contributed by atoms with E-state index in [0.29, 0.717) is 51.1 Å². The number of benzene rings is 3. The lowest BCUT2D eigenvalue weighted by Gasteiger charge is -2.36. The van der Waals surface area contributed by atoms with Gasteiger partial charge in [0.2, 0.25) is 0 Å². The van der Waals surface area contributed by atoms with Crippen LogP contribution in [0, 0.1) is 0 Å². The molecule has 2 aliphatic heterocycles.